The zero-order valence-electron chi connectivity index (χ0n) is 14.0. The molecule has 0 amide bonds. The maximum Gasteiger partial charge on any atom is 0.433 e. The van der Waals surface area contributed by atoms with Gasteiger partial charge in [-0.15, -0.1) is 0 Å². The molecule has 0 bridgehead atoms. The molecule has 0 aliphatic carbocycles. The molecule has 3 heterocycles. The zero-order chi connectivity index (χ0) is 18.3. The second-order valence-electron chi connectivity index (χ2n) is 6.40. The molecule has 0 atom stereocenters. The molecule has 5 nitrogen and oxygen atoms in total. The van der Waals surface area contributed by atoms with Crippen LogP contribution in [0.25, 0.3) is 21.8 Å². The number of halogens is 3. The third-order valence-corrected chi connectivity index (χ3v) is 4.82. The number of aromatic nitrogens is 2. The SMILES string of the molecule is O=c1ccc2c3cc[nH]c(C(F)(F)F)c3n(CCN3CCOCC3)c2c1. The molecular weight excluding hydrogens is 347 g/mol. The van der Waals surface area contributed by atoms with Crippen LogP contribution in [0, 0.1) is 0 Å². The number of nitrogens with zero attached hydrogens (tertiary/aromatic N) is 2. The lowest BCUT2D eigenvalue weighted by Crippen LogP contribution is -2.38. The first-order chi connectivity index (χ1) is 12.4. The Morgan fingerprint density at radius 3 is 2.58 bits per heavy atom. The van der Waals surface area contributed by atoms with Crippen LogP contribution >= 0.6 is 0 Å². The molecule has 138 valence electrons. The number of aromatic amines is 1. The fourth-order valence-electron chi connectivity index (χ4n) is 3.59. The van der Waals surface area contributed by atoms with Gasteiger partial charge in [-0.05, 0) is 18.2 Å². The van der Waals surface area contributed by atoms with Gasteiger partial charge in [0.15, 0.2) is 5.43 Å². The second-order valence-corrected chi connectivity index (χ2v) is 6.40. The Hall–Kier alpha value is -2.32. The quantitative estimate of drug-likeness (QED) is 0.777. The van der Waals surface area contributed by atoms with Gasteiger partial charge in [0, 0.05) is 49.2 Å². The minimum absolute atomic E-state index is 0.0915. The average molecular weight is 365 g/mol. The molecule has 8 heteroatoms. The molecule has 2 aromatic heterocycles. The Morgan fingerprint density at radius 1 is 1.08 bits per heavy atom. The molecule has 1 N–H and O–H groups in total. The number of rotatable bonds is 3. The first kappa shape index (κ1) is 17.1. The van der Waals surface area contributed by atoms with E-state index < -0.39 is 11.9 Å². The van der Waals surface area contributed by atoms with Crippen molar-refractivity contribution < 1.29 is 17.9 Å². The van der Waals surface area contributed by atoms with Gasteiger partial charge >= 0.3 is 6.18 Å². The summed E-state index contributed by atoms with van der Waals surface area (Å²) in [5.41, 5.74) is -0.384. The Labute approximate surface area is 147 Å². The number of ether oxygens (including phenoxy) is 1. The predicted octanol–water partition coefficient (Wildman–Crippen LogP) is 2.83. The third kappa shape index (κ3) is 2.99. The van der Waals surface area contributed by atoms with E-state index in [1.54, 1.807) is 16.7 Å². The van der Waals surface area contributed by atoms with Crippen LogP contribution in [0.1, 0.15) is 5.69 Å². The summed E-state index contributed by atoms with van der Waals surface area (Å²) in [4.78, 5) is 16.3. The van der Waals surface area contributed by atoms with E-state index in [0.717, 1.165) is 13.1 Å². The summed E-state index contributed by atoms with van der Waals surface area (Å²) < 4.78 is 47.6. The molecule has 4 rings (SSSR count). The largest absolute Gasteiger partial charge is 0.433 e. The summed E-state index contributed by atoms with van der Waals surface area (Å²) in [6.07, 6.45) is -3.22. The molecule has 3 aromatic rings. The highest BCUT2D eigenvalue weighted by molar-refractivity contribution is 6.08. The van der Waals surface area contributed by atoms with Gasteiger partial charge in [0.1, 0.15) is 5.69 Å². The summed E-state index contributed by atoms with van der Waals surface area (Å²) in [6, 6.07) is 6.03. The fourth-order valence-corrected chi connectivity index (χ4v) is 3.59. The highest BCUT2D eigenvalue weighted by Crippen LogP contribution is 2.37. The fraction of sp³-hybridized carbons (Fsp3) is 0.389. The lowest BCUT2D eigenvalue weighted by Gasteiger charge is -2.27. The Bertz CT molecular complexity index is 1000. The maximum atomic E-state index is 13.6. The van der Waals surface area contributed by atoms with Gasteiger partial charge in [-0.2, -0.15) is 13.2 Å². The van der Waals surface area contributed by atoms with Gasteiger partial charge in [-0.3, -0.25) is 9.69 Å². The van der Waals surface area contributed by atoms with Crippen molar-refractivity contribution in [1.29, 1.82) is 0 Å². The average Bonchev–Trinajstić information content (AvgIpc) is 2.92. The number of H-pyrrole nitrogens is 1. The topological polar surface area (TPSA) is 50.3 Å². The molecule has 1 saturated heterocycles. The van der Waals surface area contributed by atoms with E-state index in [-0.39, 0.29) is 10.9 Å². The summed E-state index contributed by atoms with van der Waals surface area (Å²) >= 11 is 0. The van der Waals surface area contributed by atoms with Gasteiger partial charge in [-0.25, -0.2) is 0 Å². The zero-order valence-corrected chi connectivity index (χ0v) is 14.0. The van der Waals surface area contributed by atoms with E-state index in [4.69, 9.17) is 4.74 Å². The maximum absolute atomic E-state index is 13.6. The highest BCUT2D eigenvalue weighted by atomic mass is 19.4. The Kier molecular flexibility index (Phi) is 4.24. The van der Waals surface area contributed by atoms with Crippen LogP contribution in [0.5, 0.6) is 0 Å². The summed E-state index contributed by atoms with van der Waals surface area (Å²) in [6.45, 7) is 3.71. The normalized spacial score (nSPS) is 16.6. The van der Waals surface area contributed by atoms with Crippen molar-refractivity contribution in [3.05, 3.63) is 46.4 Å². The van der Waals surface area contributed by atoms with Crippen LogP contribution in [0.2, 0.25) is 0 Å². The van der Waals surface area contributed by atoms with Crippen molar-refractivity contribution in [1.82, 2.24) is 14.5 Å². The van der Waals surface area contributed by atoms with E-state index in [0.29, 0.717) is 42.6 Å². The van der Waals surface area contributed by atoms with Gasteiger partial charge in [0.2, 0.25) is 0 Å². The summed E-state index contributed by atoms with van der Waals surface area (Å²) in [7, 11) is 0. The second kappa shape index (κ2) is 6.44. The molecule has 0 unspecified atom stereocenters. The molecule has 1 aliphatic rings. The monoisotopic (exact) mass is 365 g/mol. The Balaban J connectivity index is 1.88. The number of fused-ring (bicyclic) bond motifs is 3. The number of morpholine rings is 1. The number of pyridine rings is 1. The van der Waals surface area contributed by atoms with Gasteiger partial charge in [0.25, 0.3) is 0 Å². The Morgan fingerprint density at radius 2 is 1.85 bits per heavy atom. The highest BCUT2D eigenvalue weighted by Gasteiger charge is 2.35. The van der Waals surface area contributed by atoms with Crippen LogP contribution in [0.4, 0.5) is 13.2 Å². The standard InChI is InChI=1S/C18H18F3N3O2/c19-18(20,21)17-16-14(3-4-22-17)13-2-1-12(25)11-15(13)24(16)6-5-23-7-9-26-10-8-23/h1-4,11,22H,5-10H2. The number of alkyl halides is 3. The lowest BCUT2D eigenvalue weighted by atomic mass is 10.1. The van der Waals surface area contributed by atoms with E-state index in [2.05, 4.69) is 9.88 Å². The van der Waals surface area contributed by atoms with Crippen molar-refractivity contribution >= 4 is 21.8 Å². The summed E-state index contributed by atoms with van der Waals surface area (Å²) in [5.74, 6) is 0. The molecule has 1 fully saturated rings. The lowest BCUT2D eigenvalue weighted by molar-refractivity contribution is -0.140. The molecule has 0 spiro atoms. The van der Waals surface area contributed by atoms with Gasteiger partial charge < -0.3 is 14.3 Å². The first-order valence-electron chi connectivity index (χ1n) is 8.46. The van der Waals surface area contributed by atoms with Crippen molar-refractivity contribution in [3.8, 4) is 0 Å². The number of hydrogen-bond donors (Lipinski definition) is 1. The van der Waals surface area contributed by atoms with E-state index in [9.17, 15) is 18.0 Å². The van der Waals surface area contributed by atoms with E-state index >= 15 is 0 Å². The van der Waals surface area contributed by atoms with E-state index in [1.807, 2.05) is 0 Å². The van der Waals surface area contributed by atoms with Crippen molar-refractivity contribution in [3.63, 3.8) is 0 Å². The van der Waals surface area contributed by atoms with Crippen LogP contribution in [-0.2, 0) is 17.5 Å². The van der Waals surface area contributed by atoms with Gasteiger partial charge in [0.05, 0.1) is 24.2 Å². The smallest absolute Gasteiger partial charge is 0.379 e. The molecule has 26 heavy (non-hydrogen) atoms. The van der Waals surface area contributed by atoms with Crippen molar-refractivity contribution in [2.45, 2.75) is 12.7 Å². The molecule has 1 aromatic carbocycles. The van der Waals surface area contributed by atoms with Crippen LogP contribution in [0.15, 0.2) is 35.3 Å². The molecule has 0 radical (unpaired) electrons. The van der Waals surface area contributed by atoms with Crippen molar-refractivity contribution in [2.75, 3.05) is 32.8 Å². The number of benzene rings is 1. The summed E-state index contributed by atoms with van der Waals surface area (Å²) in [5, 5.41) is 1.15. The van der Waals surface area contributed by atoms with Crippen LogP contribution in [-0.4, -0.2) is 47.3 Å². The first-order valence-corrected chi connectivity index (χ1v) is 8.46. The van der Waals surface area contributed by atoms with Crippen LogP contribution in [0.3, 0.4) is 0 Å². The minimum atomic E-state index is -4.51. The van der Waals surface area contributed by atoms with Crippen molar-refractivity contribution in [2.24, 2.45) is 0 Å². The molecule has 0 saturated carbocycles. The number of hydrogen-bond acceptors (Lipinski definition) is 3. The van der Waals surface area contributed by atoms with Crippen LogP contribution < -0.4 is 5.43 Å². The number of nitrogens with one attached hydrogen (secondary N) is 1. The minimum Gasteiger partial charge on any atom is -0.379 e. The van der Waals surface area contributed by atoms with E-state index in [1.165, 1.54) is 18.3 Å². The predicted molar refractivity (Wildman–Crippen MR) is 92.3 cm³/mol. The molecule has 1 aliphatic heterocycles. The molecular formula is C18H18F3N3O2. The van der Waals surface area contributed by atoms with Gasteiger partial charge in [-0.1, -0.05) is 0 Å². The third-order valence-electron chi connectivity index (χ3n) is 4.82.